The predicted molar refractivity (Wildman–Crippen MR) is 87.2 cm³/mol. The number of nitriles is 1. The quantitative estimate of drug-likeness (QED) is 0.864. The molecule has 23 heavy (non-hydrogen) atoms. The van der Waals surface area contributed by atoms with Crippen molar-refractivity contribution < 1.29 is 14.3 Å². The number of hydrogen-bond acceptors (Lipinski definition) is 4. The van der Waals surface area contributed by atoms with E-state index in [0.717, 1.165) is 5.56 Å². The summed E-state index contributed by atoms with van der Waals surface area (Å²) in [4.78, 5) is 27.4. The molecule has 0 aliphatic rings. The summed E-state index contributed by atoms with van der Waals surface area (Å²) in [6, 6.07) is 8.94. The van der Waals surface area contributed by atoms with Crippen LogP contribution in [0.1, 0.15) is 38.3 Å². The Balaban J connectivity index is 2.93. The first-order valence-electron chi connectivity index (χ1n) is 7.22. The molecular weight excluding hydrogens is 294 g/mol. The molecule has 2 amide bonds. The van der Waals surface area contributed by atoms with Gasteiger partial charge in [-0.3, -0.25) is 4.79 Å². The monoisotopic (exact) mass is 315 g/mol. The van der Waals surface area contributed by atoms with Gasteiger partial charge in [0.05, 0.1) is 18.1 Å². The first-order chi connectivity index (χ1) is 10.7. The van der Waals surface area contributed by atoms with Gasteiger partial charge in [0.1, 0.15) is 5.60 Å². The highest BCUT2D eigenvalue weighted by molar-refractivity contribution is 6.05. The molecule has 0 radical (unpaired) electrons. The fourth-order valence-corrected chi connectivity index (χ4v) is 1.76. The lowest BCUT2D eigenvalue weighted by atomic mass is 10.0. The van der Waals surface area contributed by atoms with E-state index >= 15 is 0 Å². The number of nitrogens with one attached hydrogen (secondary N) is 1. The van der Waals surface area contributed by atoms with E-state index in [4.69, 9.17) is 10.00 Å². The van der Waals surface area contributed by atoms with Crippen LogP contribution in [0.15, 0.2) is 29.3 Å². The number of carbonyl (C=O) groups excluding carboxylic acids is 2. The second-order valence-electron chi connectivity index (χ2n) is 5.99. The summed E-state index contributed by atoms with van der Waals surface area (Å²) in [5.74, 6) is -0.235. The van der Waals surface area contributed by atoms with E-state index in [1.54, 1.807) is 45.0 Å². The minimum atomic E-state index is -0.718. The molecule has 0 saturated carbocycles. The lowest BCUT2D eigenvalue weighted by Crippen LogP contribution is -2.25. The zero-order valence-corrected chi connectivity index (χ0v) is 13.8. The van der Waals surface area contributed by atoms with Crippen LogP contribution in [-0.2, 0) is 16.0 Å². The number of benzene rings is 1. The van der Waals surface area contributed by atoms with Crippen LogP contribution in [-0.4, -0.2) is 30.4 Å². The van der Waals surface area contributed by atoms with Crippen LogP contribution in [0.25, 0.3) is 0 Å². The van der Waals surface area contributed by atoms with Crippen LogP contribution in [0.3, 0.4) is 0 Å². The fraction of sp³-hybridized carbons (Fsp3) is 0.412. The van der Waals surface area contributed by atoms with Crippen molar-refractivity contribution in [2.45, 2.75) is 39.2 Å². The van der Waals surface area contributed by atoms with Gasteiger partial charge in [-0.05, 0) is 38.5 Å². The number of carbonyl (C=O) groups is 2. The number of rotatable bonds is 4. The lowest BCUT2D eigenvalue weighted by molar-refractivity contribution is -0.119. The normalized spacial score (nSPS) is 11.5. The molecule has 6 heteroatoms. The van der Waals surface area contributed by atoms with Gasteiger partial charge in [0, 0.05) is 19.2 Å². The Morgan fingerprint density at radius 2 is 1.87 bits per heavy atom. The van der Waals surface area contributed by atoms with Gasteiger partial charge in [-0.1, -0.05) is 12.1 Å². The molecule has 0 spiro atoms. The summed E-state index contributed by atoms with van der Waals surface area (Å²) in [6.45, 7) is 5.25. The van der Waals surface area contributed by atoms with Gasteiger partial charge in [0.15, 0.2) is 0 Å². The molecule has 0 aliphatic heterocycles. The number of amides is 2. The minimum absolute atomic E-state index is 0.00967. The maximum absolute atomic E-state index is 11.8. The number of ether oxygens (including phenoxy) is 1. The average Bonchev–Trinajstić information content (AvgIpc) is 2.45. The Morgan fingerprint density at radius 1 is 1.26 bits per heavy atom. The van der Waals surface area contributed by atoms with Crippen LogP contribution in [0, 0.1) is 11.3 Å². The molecule has 0 aromatic heterocycles. The average molecular weight is 315 g/mol. The summed E-state index contributed by atoms with van der Waals surface area (Å²) in [6.07, 6.45) is -0.376. The van der Waals surface area contributed by atoms with Crippen molar-refractivity contribution in [1.82, 2.24) is 5.32 Å². The van der Waals surface area contributed by atoms with Gasteiger partial charge in [-0.25, -0.2) is 4.79 Å². The third-order valence-corrected chi connectivity index (χ3v) is 2.78. The van der Waals surface area contributed by atoms with E-state index in [-0.39, 0.29) is 12.3 Å². The molecule has 6 nitrogen and oxygen atoms in total. The highest BCUT2D eigenvalue weighted by Crippen LogP contribution is 2.11. The maximum atomic E-state index is 11.8. The molecule has 0 unspecified atom stereocenters. The summed E-state index contributed by atoms with van der Waals surface area (Å²) in [5, 5.41) is 11.3. The largest absolute Gasteiger partial charge is 0.442 e. The van der Waals surface area contributed by atoms with Crippen molar-refractivity contribution in [3.63, 3.8) is 0 Å². The van der Waals surface area contributed by atoms with Gasteiger partial charge < -0.3 is 10.1 Å². The van der Waals surface area contributed by atoms with E-state index in [1.807, 2.05) is 6.07 Å². The first kappa shape index (κ1) is 18.4. The zero-order chi connectivity index (χ0) is 17.5. The molecule has 1 rings (SSSR count). The van der Waals surface area contributed by atoms with E-state index in [2.05, 4.69) is 10.3 Å². The van der Waals surface area contributed by atoms with Crippen LogP contribution in [0.2, 0.25) is 0 Å². The Labute approximate surface area is 136 Å². The summed E-state index contributed by atoms with van der Waals surface area (Å²) < 4.78 is 5.16. The Morgan fingerprint density at radius 3 is 2.35 bits per heavy atom. The van der Waals surface area contributed by atoms with E-state index < -0.39 is 11.7 Å². The van der Waals surface area contributed by atoms with E-state index in [9.17, 15) is 9.59 Å². The van der Waals surface area contributed by atoms with Crippen molar-refractivity contribution in [3.8, 4) is 6.07 Å². The molecule has 0 fully saturated rings. The van der Waals surface area contributed by atoms with Crippen LogP contribution < -0.4 is 5.32 Å². The van der Waals surface area contributed by atoms with Crippen molar-refractivity contribution in [1.29, 1.82) is 5.26 Å². The number of aliphatic imine (C=N–C) groups is 1. The lowest BCUT2D eigenvalue weighted by Gasteiger charge is -2.17. The van der Waals surface area contributed by atoms with Crippen molar-refractivity contribution in [2.24, 2.45) is 4.99 Å². The maximum Gasteiger partial charge on any atom is 0.434 e. The number of hydrogen-bond donors (Lipinski definition) is 1. The van der Waals surface area contributed by atoms with Gasteiger partial charge in [0.25, 0.3) is 0 Å². The first-order valence-corrected chi connectivity index (χ1v) is 7.22. The van der Waals surface area contributed by atoms with Crippen LogP contribution in [0.5, 0.6) is 0 Å². The summed E-state index contributed by atoms with van der Waals surface area (Å²) in [5.41, 5.74) is 1.16. The number of nitrogens with zero attached hydrogens (tertiary/aromatic N) is 2. The van der Waals surface area contributed by atoms with Gasteiger partial charge in [-0.2, -0.15) is 10.3 Å². The zero-order valence-electron chi connectivity index (χ0n) is 13.8. The van der Waals surface area contributed by atoms with Gasteiger partial charge >= 0.3 is 6.09 Å². The van der Waals surface area contributed by atoms with Crippen molar-refractivity contribution in [3.05, 3.63) is 35.4 Å². The molecule has 0 atom stereocenters. The predicted octanol–water partition coefficient (Wildman–Crippen LogP) is 2.61. The van der Waals surface area contributed by atoms with E-state index in [1.165, 1.54) is 7.05 Å². The Bertz CT molecular complexity index is 635. The molecule has 1 aromatic rings. The molecule has 0 heterocycles. The van der Waals surface area contributed by atoms with Crippen LogP contribution >= 0.6 is 0 Å². The van der Waals surface area contributed by atoms with Crippen molar-refractivity contribution in [2.75, 3.05) is 7.05 Å². The second-order valence-corrected chi connectivity index (χ2v) is 5.99. The Kier molecular flexibility index (Phi) is 6.46. The molecule has 0 aliphatic carbocycles. The summed E-state index contributed by atoms with van der Waals surface area (Å²) in [7, 11) is 1.52. The smallest absolute Gasteiger partial charge is 0.434 e. The van der Waals surface area contributed by atoms with Gasteiger partial charge in [-0.15, -0.1) is 0 Å². The third kappa shape index (κ3) is 7.23. The molecular formula is C17H21N3O3. The van der Waals surface area contributed by atoms with Crippen molar-refractivity contribution >= 4 is 17.7 Å². The summed E-state index contributed by atoms with van der Waals surface area (Å²) >= 11 is 0. The molecule has 122 valence electrons. The topological polar surface area (TPSA) is 91.5 Å². The molecule has 0 saturated heterocycles. The highest BCUT2D eigenvalue weighted by Gasteiger charge is 2.17. The minimum Gasteiger partial charge on any atom is -0.442 e. The SMILES string of the molecule is CNC(=O)C/C(Cc1ccc(C#N)cc1)=N\C(=O)OC(C)(C)C. The molecule has 1 N–H and O–H groups in total. The second kappa shape index (κ2) is 8.08. The highest BCUT2D eigenvalue weighted by atomic mass is 16.6. The standard InChI is InChI=1S/C17H21N3O3/c1-17(2,3)23-16(22)20-14(10-15(21)19-4)9-12-5-7-13(11-18)8-6-12/h5-8H,9-10H2,1-4H3,(H,19,21)/b20-14-. The third-order valence-electron chi connectivity index (χ3n) is 2.78. The van der Waals surface area contributed by atoms with Crippen LogP contribution in [0.4, 0.5) is 4.79 Å². The van der Waals surface area contributed by atoms with E-state index in [0.29, 0.717) is 17.7 Å². The molecule has 0 bridgehead atoms. The fourth-order valence-electron chi connectivity index (χ4n) is 1.76. The van der Waals surface area contributed by atoms with Gasteiger partial charge in [0.2, 0.25) is 5.91 Å². The molecule has 1 aromatic carbocycles. The Hall–Kier alpha value is -2.68.